The van der Waals surface area contributed by atoms with Gasteiger partial charge in [-0.15, -0.1) is 0 Å². The molecule has 0 spiro atoms. The Morgan fingerprint density at radius 3 is 2.62 bits per heavy atom. The fraction of sp³-hybridized carbons (Fsp3) is 0.125. The Kier molecular flexibility index (Phi) is 5.00. The van der Waals surface area contributed by atoms with Gasteiger partial charge in [0.25, 0.3) is 5.91 Å². The van der Waals surface area contributed by atoms with Crippen LogP contribution in [0.1, 0.15) is 11.1 Å². The molecule has 2 rings (SSSR count). The number of anilines is 1. The third-order valence-electron chi connectivity index (χ3n) is 2.95. The normalized spacial score (nSPS) is 10.0. The lowest BCUT2D eigenvalue weighted by Crippen LogP contribution is -2.33. The molecular formula is C16H15FN2OS. The van der Waals surface area contributed by atoms with Gasteiger partial charge in [-0.2, -0.15) is 0 Å². The van der Waals surface area contributed by atoms with Crippen molar-refractivity contribution in [2.75, 3.05) is 5.32 Å². The van der Waals surface area contributed by atoms with Crippen molar-refractivity contribution in [3.8, 4) is 0 Å². The lowest BCUT2D eigenvalue weighted by Gasteiger charge is -2.10. The molecule has 0 radical (unpaired) electrons. The molecule has 0 aliphatic heterocycles. The van der Waals surface area contributed by atoms with Crippen LogP contribution in [0.5, 0.6) is 0 Å². The smallest absolute Gasteiger partial charge is 0.283 e. The van der Waals surface area contributed by atoms with E-state index in [9.17, 15) is 9.18 Å². The van der Waals surface area contributed by atoms with Crippen molar-refractivity contribution in [2.45, 2.75) is 13.5 Å². The number of rotatable bonds is 3. The number of aryl methyl sites for hydroxylation is 1. The van der Waals surface area contributed by atoms with Crippen LogP contribution in [-0.2, 0) is 11.3 Å². The topological polar surface area (TPSA) is 41.1 Å². The molecule has 3 nitrogen and oxygen atoms in total. The summed E-state index contributed by atoms with van der Waals surface area (Å²) in [7, 11) is 0. The molecule has 2 aromatic rings. The molecule has 0 heterocycles. The molecule has 1 amide bonds. The summed E-state index contributed by atoms with van der Waals surface area (Å²) in [5, 5.41) is 5.48. The maximum absolute atomic E-state index is 13.2. The van der Waals surface area contributed by atoms with Crippen molar-refractivity contribution in [3.05, 3.63) is 65.5 Å². The number of halogens is 1. The average Bonchev–Trinajstić information content (AvgIpc) is 2.49. The summed E-state index contributed by atoms with van der Waals surface area (Å²) in [5.74, 6) is -0.853. The molecular weight excluding hydrogens is 287 g/mol. The lowest BCUT2D eigenvalue weighted by molar-refractivity contribution is -0.110. The van der Waals surface area contributed by atoms with Crippen molar-refractivity contribution in [1.29, 1.82) is 0 Å². The fourth-order valence-electron chi connectivity index (χ4n) is 1.77. The predicted octanol–water partition coefficient (Wildman–Crippen LogP) is 3.19. The summed E-state index contributed by atoms with van der Waals surface area (Å²) in [4.78, 5) is 12.0. The van der Waals surface area contributed by atoms with E-state index in [0.717, 1.165) is 11.1 Å². The maximum atomic E-state index is 13.2. The average molecular weight is 302 g/mol. The molecule has 0 aromatic heterocycles. The van der Waals surface area contributed by atoms with E-state index < -0.39 is 11.7 Å². The molecule has 0 saturated carbocycles. The molecule has 2 N–H and O–H groups in total. The number of nitrogens with one attached hydrogen (secondary N) is 2. The number of hydrogen-bond acceptors (Lipinski definition) is 2. The summed E-state index contributed by atoms with van der Waals surface area (Å²) in [5.41, 5.74) is 2.22. The maximum Gasteiger partial charge on any atom is 0.283 e. The molecule has 0 aliphatic rings. The Morgan fingerprint density at radius 1 is 1.19 bits per heavy atom. The van der Waals surface area contributed by atoms with Gasteiger partial charge in [-0.05, 0) is 30.2 Å². The van der Waals surface area contributed by atoms with Crippen molar-refractivity contribution in [3.63, 3.8) is 0 Å². The zero-order valence-electron chi connectivity index (χ0n) is 11.5. The lowest BCUT2D eigenvalue weighted by atomic mass is 10.2. The first-order valence-corrected chi connectivity index (χ1v) is 6.86. The van der Waals surface area contributed by atoms with Crippen LogP contribution in [0.25, 0.3) is 0 Å². The summed E-state index contributed by atoms with van der Waals surface area (Å²) in [6.07, 6.45) is 0. The van der Waals surface area contributed by atoms with Crippen molar-refractivity contribution in [1.82, 2.24) is 5.32 Å². The third kappa shape index (κ3) is 4.36. The van der Waals surface area contributed by atoms with Gasteiger partial charge in [0.1, 0.15) is 5.82 Å². The summed E-state index contributed by atoms with van der Waals surface area (Å²) in [6.45, 7) is 2.25. The van der Waals surface area contributed by atoms with E-state index in [2.05, 4.69) is 10.6 Å². The minimum Gasteiger partial charge on any atom is -0.368 e. The minimum atomic E-state index is -0.449. The second-order valence-electron chi connectivity index (χ2n) is 4.58. The summed E-state index contributed by atoms with van der Waals surface area (Å²) < 4.78 is 13.2. The standard InChI is InChI=1S/C16H15FN2OS/c1-11-7-8-13(17)9-14(11)19-15(20)16(21)18-10-12-5-3-2-4-6-12/h2-9H,10H2,1H3,(H,18,21)(H,19,20). The second-order valence-corrected chi connectivity index (χ2v) is 4.99. The molecule has 21 heavy (non-hydrogen) atoms. The summed E-state index contributed by atoms with van der Waals surface area (Å²) in [6, 6.07) is 13.8. The van der Waals surface area contributed by atoms with Gasteiger partial charge in [-0.3, -0.25) is 4.79 Å². The largest absolute Gasteiger partial charge is 0.368 e. The highest BCUT2D eigenvalue weighted by Crippen LogP contribution is 2.15. The Morgan fingerprint density at radius 2 is 1.90 bits per heavy atom. The Bertz CT molecular complexity index is 659. The van der Waals surface area contributed by atoms with E-state index in [1.165, 1.54) is 12.1 Å². The zero-order chi connectivity index (χ0) is 15.2. The molecule has 108 valence electrons. The molecule has 0 bridgehead atoms. The van der Waals surface area contributed by atoms with E-state index in [4.69, 9.17) is 12.2 Å². The molecule has 0 aliphatic carbocycles. The van der Waals surface area contributed by atoms with E-state index in [1.807, 2.05) is 30.3 Å². The first-order valence-electron chi connectivity index (χ1n) is 6.45. The van der Waals surface area contributed by atoms with Crippen LogP contribution in [-0.4, -0.2) is 10.9 Å². The van der Waals surface area contributed by atoms with Gasteiger partial charge >= 0.3 is 0 Å². The number of thiocarbonyl (C=S) groups is 1. The van der Waals surface area contributed by atoms with Gasteiger partial charge in [0, 0.05) is 12.2 Å². The van der Waals surface area contributed by atoms with E-state index >= 15 is 0 Å². The van der Waals surface area contributed by atoms with Crippen LogP contribution in [0.3, 0.4) is 0 Å². The molecule has 5 heteroatoms. The molecule has 0 saturated heterocycles. The summed E-state index contributed by atoms with van der Waals surface area (Å²) >= 11 is 5.03. The molecule has 2 aromatic carbocycles. The van der Waals surface area contributed by atoms with Crippen LogP contribution >= 0.6 is 12.2 Å². The van der Waals surface area contributed by atoms with E-state index in [1.54, 1.807) is 13.0 Å². The predicted molar refractivity (Wildman–Crippen MR) is 85.6 cm³/mol. The Balaban J connectivity index is 1.94. The second kappa shape index (κ2) is 6.95. The SMILES string of the molecule is Cc1ccc(F)cc1NC(=O)C(=S)NCc1ccccc1. The van der Waals surface area contributed by atoms with Gasteiger partial charge in [-0.1, -0.05) is 48.6 Å². The Hall–Kier alpha value is -2.27. The van der Waals surface area contributed by atoms with Crippen molar-refractivity contribution < 1.29 is 9.18 Å². The minimum absolute atomic E-state index is 0.0718. The van der Waals surface area contributed by atoms with Crippen molar-refractivity contribution >= 4 is 28.8 Å². The molecule has 0 unspecified atom stereocenters. The monoisotopic (exact) mass is 302 g/mol. The highest BCUT2D eigenvalue weighted by Gasteiger charge is 2.11. The zero-order valence-corrected chi connectivity index (χ0v) is 12.3. The van der Waals surface area contributed by atoms with Gasteiger partial charge in [0.2, 0.25) is 0 Å². The van der Waals surface area contributed by atoms with Gasteiger partial charge in [0.05, 0.1) is 0 Å². The van der Waals surface area contributed by atoms with Gasteiger partial charge in [-0.25, -0.2) is 4.39 Å². The number of carbonyl (C=O) groups excluding carboxylic acids is 1. The van der Waals surface area contributed by atoms with Crippen LogP contribution in [0.2, 0.25) is 0 Å². The molecule has 0 fully saturated rings. The fourth-order valence-corrected chi connectivity index (χ4v) is 1.89. The van der Waals surface area contributed by atoms with E-state index in [-0.39, 0.29) is 4.99 Å². The Labute approximate surface area is 128 Å². The number of benzene rings is 2. The number of amides is 1. The van der Waals surface area contributed by atoms with E-state index in [0.29, 0.717) is 12.2 Å². The van der Waals surface area contributed by atoms with Crippen LogP contribution < -0.4 is 10.6 Å². The van der Waals surface area contributed by atoms with Crippen molar-refractivity contribution in [2.24, 2.45) is 0 Å². The number of carbonyl (C=O) groups is 1. The first-order chi connectivity index (χ1) is 10.1. The quantitative estimate of drug-likeness (QED) is 0.856. The molecule has 0 atom stereocenters. The highest BCUT2D eigenvalue weighted by atomic mass is 32.1. The third-order valence-corrected chi connectivity index (χ3v) is 3.28. The highest BCUT2D eigenvalue weighted by molar-refractivity contribution is 7.82. The first kappa shape index (κ1) is 15.1. The van der Waals surface area contributed by atoms with Gasteiger partial charge < -0.3 is 10.6 Å². The van der Waals surface area contributed by atoms with Crippen LogP contribution in [0.15, 0.2) is 48.5 Å². The number of hydrogen-bond donors (Lipinski definition) is 2. The van der Waals surface area contributed by atoms with Crippen LogP contribution in [0.4, 0.5) is 10.1 Å². The van der Waals surface area contributed by atoms with Crippen LogP contribution in [0, 0.1) is 12.7 Å². The van der Waals surface area contributed by atoms with Gasteiger partial charge in [0.15, 0.2) is 4.99 Å².